The number of carbonyl (C=O) groups is 1. The Morgan fingerprint density at radius 1 is 1.00 bits per heavy atom. The summed E-state index contributed by atoms with van der Waals surface area (Å²) in [6, 6.07) is 17.5. The fourth-order valence-corrected chi connectivity index (χ4v) is 2.23. The number of rotatable bonds is 6. The molecule has 124 valence electrons. The first-order valence-electron chi connectivity index (χ1n) is 7.54. The fraction of sp³-hybridized carbons (Fsp3) is 0.278. The third-order valence-electron chi connectivity index (χ3n) is 3.49. The summed E-state index contributed by atoms with van der Waals surface area (Å²) in [7, 11) is 0. The third-order valence-corrected chi connectivity index (χ3v) is 3.49. The van der Waals surface area contributed by atoms with E-state index >= 15 is 0 Å². The van der Waals surface area contributed by atoms with Gasteiger partial charge in [0.25, 0.3) is 0 Å². The number of nitrogens with one attached hydrogen (secondary N) is 2. The molecular formula is C18H24ClN3O. The maximum atomic E-state index is 12.1. The van der Waals surface area contributed by atoms with Crippen molar-refractivity contribution in [3.05, 3.63) is 54.6 Å². The van der Waals surface area contributed by atoms with Crippen molar-refractivity contribution in [3.8, 4) is 0 Å². The molecule has 0 bridgehead atoms. The van der Waals surface area contributed by atoms with Gasteiger partial charge in [-0.15, -0.1) is 12.4 Å². The number of hydrogen-bond acceptors (Lipinski definition) is 3. The van der Waals surface area contributed by atoms with E-state index in [4.69, 9.17) is 5.73 Å². The summed E-state index contributed by atoms with van der Waals surface area (Å²) in [6.07, 6.45) is 1.53. The van der Waals surface area contributed by atoms with Crippen LogP contribution < -0.4 is 16.4 Å². The van der Waals surface area contributed by atoms with E-state index in [0.29, 0.717) is 6.42 Å². The fourth-order valence-electron chi connectivity index (χ4n) is 2.23. The molecule has 4 nitrogen and oxygen atoms in total. The molecule has 0 spiro atoms. The highest BCUT2D eigenvalue weighted by Crippen LogP contribution is 2.19. The van der Waals surface area contributed by atoms with Gasteiger partial charge in [0.05, 0.1) is 5.54 Å². The van der Waals surface area contributed by atoms with Crippen LogP contribution in [0.25, 0.3) is 0 Å². The molecule has 2 aromatic rings. The number of para-hydroxylation sites is 1. The monoisotopic (exact) mass is 333 g/mol. The minimum atomic E-state index is -0.838. The van der Waals surface area contributed by atoms with Crippen LogP contribution in [0.5, 0.6) is 0 Å². The van der Waals surface area contributed by atoms with Crippen LogP contribution in [0.3, 0.4) is 0 Å². The summed E-state index contributed by atoms with van der Waals surface area (Å²) < 4.78 is 0. The maximum Gasteiger partial charge on any atom is 0.244 e. The van der Waals surface area contributed by atoms with Crippen molar-refractivity contribution in [2.45, 2.75) is 32.2 Å². The van der Waals surface area contributed by atoms with Gasteiger partial charge in [-0.2, -0.15) is 0 Å². The van der Waals surface area contributed by atoms with Gasteiger partial charge in [-0.25, -0.2) is 0 Å². The van der Waals surface area contributed by atoms with Crippen LogP contribution in [0.15, 0.2) is 54.6 Å². The molecule has 0 aliphatic heterocycles. The molecule has 4 N–H and O–H groups in total. The van der Waals surface area contributed by atoms with E-state index in [1.165, 1.54) is 0 Å². The number of nitrogens with two attached hydrogens (primary N) is 1. The Bertz CT molecular complexity index is 612. The molecule has 0 aliphatic rings. The van der Waals surface area contributed by atoms with E-state index in [0.717, 1.165) is 23.5 Å². The van der Waals surface area contributed by atoms with Crippen molar-refractivity contribution in [3.63, 3.8) is 0 Å². The topological polar surface area (TPSA) is 67.2 Å². The molecule has 5 heteroatoms. The second-order valence-electron chi connectivity index (χ2n) is 5.69. The van der Waals surface area contributed by atoms with E-state index in [9.17, 15) is 4.79 Å². The molecule has 1 amide bonds. The molecule has 0 heterocycles. The summed E-state index contributed by atoms with van der Waals surface area (Å²) in [5.74, 6) is -0.155. The van der Waals surface area contributed by atoms with E-state index in [2.05, 4.69) is 10.6 Å². The number of amides is 1. The zero-order valence-electron chi connectivity index (χ0n) is 13.5. The van der Waals surface area contributed by atoms with Gasteiger partial charge in [0.1, 0.15) is 0 Å². The van der Waals surface area contributed by atoms with Gasteiger partial charge >= 0.3 is 0 Å². The highest BCUT2D eigenvalue weighted by Gasteiger charge is 2.26. The second-order valence-corrected chi connectivity index (χ2v) is 5.69. The maximum absolute atomic E-state index is 12.1. The number of anilines is 3. The van der Waals surface area contributed by atoms with Gasteiger partial charge in [-0.05, 0) is 49.7 Å². The lowest BCUT2D eigenvalue weighted by Gasteiger charge is -2.22. The summed E-state index contributed by atoms with van der Waals surface area (Å²) in [6.45, 7) is 3.78. The van der Waals surface area contributed by atoms with Gasteiger partial charge in [0, 0.05) is 17.1 Å². The third kappa shape index (κ3) is 5.58. The van der Waals surface area contributed by atoms with Crippen LogP contribution in [0.2, 0.25) is 0 Å². The SMILES string of the molecule is CCCC(C)(N)C(=O)Nc1ccc(Nc2ccccc2)cc1.Cl. The zero-order valence-corrected chi connectivity index (χ0v) is 14.3. The highest BCUT2D eigenvalue weighted by atomic mass is 35.5. The predicted octanol–water partition coefficient (Wildman–Crippen LogP) is 4.31. The normalized spacial score (nSPS) is 12.7. The molecule has 23 heavy (non-hydrogen) atoms. The summed E-state index contributed by atoms with van der Waals surface area (Å²) >= 11 is 0. The molecule has 0 radical (unpaired) electrons. The van der Waals surface area contributed by atoms with Crippen LogP contribution in [-0.2, 0) is 4.79 Å². The number of benzene rings is 2. The van der Waals surface area contributed by atoms with E-state index in [1.807, 2.05) is 61.5 Å². The zero-order chi connectivity index (χ0) is 16.0. The average Bonchev–Trinajstić information content (AvgIpc) is 2.50. The Morgan fingerprint density at radius 2 is 1.52 bits per heavy atom. The molecule has 1 atom stereocenters. The summed E-state index contributed by atoms with van der Waals surface area (Å²) in [5.41, 5.74) is 7.93. The van der Waals surface area contributed by atoms with Crippen molar-refractivity contribution in [1.29, 1.82) is 0 Å². The standard InChI is InChI=1S/C18H23N3O.ClH/c1-3-13-18(2,19)17(22)21-16-11-9-15(10-12-16)20-14-7-5-4-6-8-14;/h4-12,20H,3,13,19H2,1-2H3,(H,21,22);1H. The Labute approximate surface area is 143 Å². The minimum absolute atomic E-state index is 0. The van der Waals surface area contributed by atoms with Crippen LogP contribution in [0, 0.1) is 0 Å². The largest absolute Gasteiger partial charge is 0.356 e. The minimum Gasteiger partial charge on any atom is -0.356 e. The van der Waals surface area contributed by atoms with Gasteiger partial charge in [0.15, 0.2) is 0 Å². The average molecular weight is 334 g/mol. The number of carbonyl (C=O) groups excluding carboxylic acids is 1. The lowest BCUT2D eigenvalue weighted by atomic mass is 9.96. The van der Waals surface area contributed by atoms with E-state index in [-0.39, 0.29) is 18.3 Å². The predicted molar refractivity (Wildman–Crippen MR) is 99.5 cm³/mol. The molecular weight excluding hydrogens is 310 g/mol. The second kappa shape index (κ2) is 8.56. The number of hydrogen-bond donors (Lipinski definition) is 3. The summed E-state index contributed by atoms with van der Waals surface area (Å²) in [4.78, 5) is 12.1. The van der Waals surface area contributed by atoms with Crippen molar-refractivity contribution in [2.24, 2.45) is 5.73 Å². The Balaban J connectivity index is 0.00000264. The van der Waals surface area contributed by atoms with Crippen molar-refractivity contribution < 1.29 is 4.79 Å². The van der Waals surface area contributed by atoms with Crippen molar-refractivity contribution in [2.75, 3.05) is 10.6 Å². The molecule has 2 rings (SSSR count). The van der Waals surface area contributed by atoms with Crippen LogP contribution in [0.4, 0.5) is 17.1 Å². The Hall–Kier alpha value is -2.04. The lowest BCUT2D eigenvalue weighted by Crippen LogP contribution is -2.48. The lowest BCUT2D eigenvalue weighted by molar-refractivity contribution is -0.120. The smallest absolute Gasteiger partial charge is 0.244 e. The first-order chi connectivity index (χ1) is 10.5. The van der Waals surface area contributed by atoms with Gasteiger partial charge in [-0.1, -0.05) is 31.5 Å². The van der Waals surface area contributed by atoms with E-state index < -0.39 is 5.54 Å². The molecule has 1 unspecified atom stereocenters. The van der Waals surface area contributed by atoms with Crippen molar-refractivity contribution >= 4 is 35.4 Å². The van der Waals surface area contributed by atoms with Gasteiger partial charge in [-0.3, -0.25) is 4.79 Å². The molecule has 0 fully saturated rings. The molecule has 0 aliphatic carbocycles. The Morgan fingerprint density at radius 3 is 2.09 bits per heavy atom. The first-order valence-corrected chi connectivity index (χ1v) is 7.54. The van der Waals surface area contributed by atoms with Crippen LogP contribution in [-0.4, -0.2) is 11.4 Å². The van der Waals surface area contributed by atoms with Gasteiger partial charge in [0.2, 0.25) is 5.91 Å². The molecule has 0 aromatic heterocycles. The molecule has 0 saturated heterocycles. The van der Waals surface area contributed by atoms with E-state index in [1.54, 1.807) is 6.92 Å². The molecule has 0 saturated carbocycles. The van der Waals surface area contributed by atoms with Crippen LogP contribution >= 0.6 is 12.4 Å². The highest BCUT2D eigenvalue weighted by molar-refractivity contribution is 5.97. The molecule has 2 aromatic carbocycles. The first kappa shape index (κ1) is 19.0. The number of halogens is 1. The van der Waals surface area contributed by atoms with Crippen LogP contribution in [0.1, 0.15) is 26.7 Å². The van der Waals surface area contributed by atoms with Gasteiger partial charge < -0.3 is 16.4 Å². The summed E-state index contributed by atoms with van der Waals surface area (Å²) in [5, 5.41) is 6.16. The Kier molecular flexibility index (Phi) is 7.07. The quantitative estimate of drug-likeness (QED) is 0.738. The van der Waals surface area contributed by atoms with Crippen molar-refractivity contribution in [1.82, 2.24) is 0 Å².